The van der Waals surface area contributed by atoms with Crippen molar-refractivity contribution in [3.63, 3.8) is 0 Å². The van der Waals surface area contributed by atoms with E-state index in [1.54, 1.807) is 0 Å². The maximum absolute atomic E-state index is 8.87. The fourth-order valence-corrected chi connectivity index (χ4v) is 3.18. The van der Waals surface area contributed by atoms with E-state index in [1.807, 2.05) is 29.5 Å². The Hall–Kier alpha value is -1.36. The molecule has 0 amide bonds. The van der Waals surface area contributed by atoms with Crippen LogP contribution in [-0.4, -0.2) is 18.3 Å². The molecule has 0 spiro atoms. The van der Waals surface area contributed by atoms with Gasteiger partial charge in [-0.3, -0.25) is 0 Å². The number of aliphatic hydroxyl groups is 1. The minimum Gasteiger partial charge on any atom is -0.491 e. The lowest BCUT2D eigenvalue weighted by atomic mass is 9.95. The maximum Gasteiger partial charge on any atom is 0.123 e. The van der Waals surface area contributed by atoms with Crippen LogP contribution < -0.4 is 10.1 Å². The third-order valence-corrected chi connectivity index (χ3v) is 4.85. The van der Waals surface area contributed by atoms with Gasteiger partial charge >= 0.3 is 0 Å². The molecule has 2 aromatic rings. The first-order valence-corrected chi connectivity index (χ1v) is 8.44. The lowest BCUT2D eigenvalue weighted by molar-refractivity contribution is 0.200. The van der Waals surface area contributed by atoms with Crippen LogP contribution in [0.15, 0.2) is 36.4 Å². The monoisotopic (exact) mass is 319 g/mol. The van der Waals surface area contributed by atoms with Crippen molar-refractivity contribution >= 4 is 11.3 Å². The first-order valence-electron chi connectivity index (χ1n) is 7.62. The summed E-state index contributed by atoms with van der Waals surface area (Å²) in [6, 6.07) is 12.4. The predicted octanol–water partition coefficient (Wildman–Crippen LogP) is 3.71. The number of nitrogens with one attached hydrogen (secondary N) is 1. The molecule has 0 bridgehead atoms. The molecule has 0 aliphatic heterocycles. The van der Waals surface area contributed by atoms with Crippen LogP contribution in [0.5, 0.6) is 5.75 Å². The number of hydrogen-bond acceptors (Lipinski definition) is 4. The summed E-state index contributed by atoms with van der Waals surface area (Å²) in [6.07, 6.45) is 0. The maximum atomic E-state index is 8.87. The van der Waals surface area contributed by atoms with E-state index in [-0.39, 0.29) is 12.0 Å². The molecule has 0 unspecified atom stereocenters. The molecule has 22 heavy (non-hydrogen) atoms. The third kappa shape index (κ3) is 4.83. The molecule has 1 aromatic heterocycles. The van der Waals surface area contributed by atoms with E-state index in [0.29, 0.717) is 6.61 Å². The summed E-state index contributed by atoms with van der Waals surface area (Å²) in [7, 11) is 0. The lowest BCUT2D eigenvalue weighted by Crippen LogP contribution is -2.13. The number of benzene rings is 1. The number of ether oxygens (including phenoxy) is 1. The van der Waals surface area contributed by atoms with Crippen LogP contribution in [0.4, 0.5) is 0 Å². The average Bonchev–Trinajstić information content (AvgIpc) is 2.95. The van der Waals surface area contributed by atoms with Gasteiger partial charge in [0.1, 0.15) is 12.4 Å². The molecule has 0 aliphatic rings. The van der Waals surface area contributed by atoms with E-state index in [0.717, 1.165) is 24.4 Å². The molecule has 120 valence electrons. The Bertz CT molecular complexity index is 587. The smallest absolute Gasteiger partial charge is 0.123 e. The molecular weight excluding hydrogens is 294 g/mol. The molecular formula is C18H25NO2S. The zero-order valence-corrected chi connectivity index (χ0v) is 14.4. The standard InChI is InChI=1S/C18H25NO2S/c1-18(2,3)17-9-8-15(22-17)13-19-12-14-6-4-5-7-16(14)21-11-10-20/h4-9,19-20H,10-13H2,1-3H3. The summed E-state index contributed by atoms with van der Waals surface area (Å²) < 4.78 is 5.55. The molecule has 4 heteroatoms. The highest BCUT2D eigenvalue weighted by molar-refractivity contribution is 7.12. The number of rotatable bonds is 7. The number of hydrogen-bond donors (Lipinski definition) is 2. The van der Waals surface area contributed by atoms with Gasteiger partial charge in [-0.25, -0.2) is 0 Å². The van der Waals surface area contributed by atoms with E-state index in [4.69, 9.17) is 9.84 Å². The van der Waals surface area contributed by atoms with E-state index in [9.17, 15) is 0 Å². The fourth-order valence-electron chi connectivity index (χ4n) is 2.14. The van der Waals surface area contributed by atoms with E-state index >= 15 is 0 Å². The summed E-state index contributed by atoms with van der Waals surface area (Å²) in [6.45, 7) is 8.70. The quantitative estimate of drug-likeness (QED) is 0.817. The minimum atomic E-state index is 0.0343. The second-order valence-electron chi connectivity index (χ2n) is 6.30. The van der Waals surface area contributed by atoms with Crippen LogP contribution in [-0.2, 0) is 18.5 Å². The van der Waals surface area contributed by atoms with Crippen LogP contribution in [0, 0.1) is 0 Å². The molecule has 0 radical (unpaired) electrons. The van der Waals surface area contributed by atoms with Crippen molar-refractivity contribution in [1.29, 1.82) is 0 Å². The number of para-hydroxylation sites is 1. The lowest BCUT2D eigenvalue weighted by Gasteiger charge is -2.15. The molecule has 0 aliphatic carbocycles. The van der Waals surface area contributed by atoms with E-state index in [1.165, 1.54) is 9.75 Å². The molecule has 3 nitrogen and oxygen atoms in total. The van der Waals surface area contributed by atoms with Gasteiger partial charge < -0.3 is 15.2 Å². The van der Waals surface area contributed by atoms with E-state index in [2.05, 4.69) is 44.3 Å². The van der Waals surface area contributed by atoms with Crippen molar-refractivity contribution in [2.45, 2.75) is 39.3 Å². The van der Waals surface area contributed by atoms with Crippen LogP contribution in [0.1, 0.15) is 36.1 Å². The molecule has 0 fully saturated rings. The topological polar surface area (TPSA) is 41.5 Å². The van der Waals surface area contributed by atoms with Crippen LogP contribution >= 0.6 is 11.3 Å². The molecule has 1 aromatic carbocycles. The summed E-state index contributed by atoms with van der Waals surface area (Å²) in [4.78, 5) is 2.76. The highest BCUT2D eigenvalue weighted by Crippen LogP contribution is 2.29. The van der Waals surface area contributed by atoms with Crippen molar-refractivity contribution in [1.82, 2.24) is 5.32 Å². The van der Waals surface area contributed by atoms with Gasteiger partial charge in [-0.05, 0) is 23.6 Å². The van der Waals surface area contributed by atoms with Crippen LogP contribution in [0.25, 0.3) is 0 Å². The van der Waals surface area contributed by atoms with Gasteiger partial charge in [0.25, 0.3) is 0 Å². The Morgan fingerprint density at radius 3 is 2.55 bits per heavy atom. The molecule has 0 saturated heterocycles. The highest BCUT2D eigenvalue weighted by Gasteiger charge is 2.15. The van der Waals surface area contributed by atoms with Crippen molar-refractivity contribution in [3.8, 4) is 5.75 Å². The predicted molar refractivity (Wildman–Crippen MR) is 92.6 cm³/mol. The summed E-state index contributed by atoms with van der Waals surface area (Å²) in [5.41, 5.74) is 1.33. The number of thiophene rings is 1. The molecule has 0 atom stereocenters. The summed E-state index contributed by atoms with van der Waals surface area (Å²) in [5.74, 6) is 0.839. The summed E-state index contributed by atoms with van der Waals surface area (Å²) >= 11 is 1.87. The first-order chi connectivity index (χ1) is 10.5. The van der Waals surface area contributed by atoms with Crippen molar-refractivity contribution in [3.05, 3.63) is 51.7 Å². The van der Waals surface area contributed by atoms with E-state index < -0.39 is 0 Å². The van der Waals surface area contributed by atoms with Gasteiger partial charge in [-0.15, -0.1) is 11.3 Å². The van der Waals surface area contributed by atoms with Gasteiger partial charge in [0.15, 0.2) is 0 Å². The molecule has 2 N–H and O–H groups in total. The Kier molecular flexibility index (Phi) is 6.00. The van der Waals surface area contributed by atoms with Crippen LogP contribution in [0.3, 0.4) is 0 Å². The second-order valence-corrected chi connectivity index (χ2v) is 7.47. The Morgan fingerprint density at radius 1 is 1.09 bits per heavy atom. The normalized spacial score (nSPS) is 11.6. The first kappa shape index (κ1) is 17.0. The zero-order chi connectivity index (χ0) is 16.0. The Morgan fingerprint density at radius 2 is 1.86 bits per heavy atom. The average molecular weight is 319 g/mol. The zero-order valence-electron chi connectivity index (χ0n) is 13.6. The van der Waals surface area contributed by atoms with Gasteiger partial charge in [0, 0.05) is 28.4 Å². The van der Waals surface area contributed by atoms with Crippen LogP contribution in [0.2, 0.25) is 0 Å². The van der Waals surface area contributed by atoms with Crippen molar-refractivity contribution in [2.24, 2.45) is 0 Å². The minimum absolute atomic E-state index is 0.0343. The Balaban J connectivity index is 1.90. The molecule has 0 saturated carbocycles. The third-order valence-electron chi connectivity index (χ3n) is 3.34. The van der Waals surface area contributed by atoms with Gasteiger partial charge in [0.05, 0.1) is 6.61 Å². The van der Waals surface area contributed by atoms with Crippen molar-refractivity contribution in [2.75, 3.05) is 13.2 Å². The molecule has 1 heterocycles. The van der Waals surface area contributed by atoms with Crippen molar-refractivity contribution < 1.29 is 9.84 Å². The number of aliphatic hydroxyl groups excluding tert-OH is 1. The summed E-state index contributed by atoms with van der Waals surface area (Å²) in [5, 5.41) is 12.3. The SMILES string of the molecule is CC(C)(C)c1ccc(CNCc2ccccc2OCCO)s1. The fraction of sp³-hybridized carbons (Fsp3) is 0.444. The highest BCUT2D eigenvalue weighted by atomic mass is 32.1. The van der Waals surface area contributed by atoms with Gasteiger partial charge in [-0.1, -0.05) is 39.0 Å². The van der Waals surface area contributed by atoms with Gasteiger partial charge in [0.2, 0.25) is 0 Å². The largest absolute Gasteiger partial charge is 0.491 e. The molecule has 2 rings (SSSR count). The second kappa shape index (κ2) is 7.77. The van der Waals surface area contributed by atoms with Gasteiger partial charge in [-0.2, -0.15) is 0 Å². The Labute approximate surface area is 137 Å².